The fourth-order valence-electron chi connectivity index (χ4n) is 1.81. The number of nitrogens with one attached hydrogen (secondary N) is 1. The van der Waals surface area contributed by atoms with Crippen LogP contribution in [0.2, 0.25) is 0 Å². The van der Waals surface area contributed by atoms with E-state index in [0.717, 1.165) is 6.42 Å². The minimum absolute atomic E-state index is 0.188. The van der Waals surface area contributed by atoms with Gasteiger partial charge in [0.25, 0.3) is 5.91 Å². The first-order chi connectivity index (χ1) is 8.00. The maximum atomic E-state index is 11.9. The standard InChI is InChI=1S/C13H21NO3/c1-4-7-13(3,16)9-14-12(15)10-6-8-17-11(10)5-2/h6,8,16H,4-5,7,9H2,1-3H3,(H,14,15). The van der Waals surface area contributed by atoms with E-state index in [2.05, 4.69) is 5.32 Å². The molecule has 1 unspecified atom stereocenters. The van der Waals surface area contributed by atoms with Crippen LogP contribution in [-0.4, -0.2) is 23.2 Å². The highest BCUT2D eigenvalue weighted by molar-refractivity contribution is 5.95. The Morgan fingerprint density at radius 2 is 2.24 bits per heavy atom. The monoisotopic (exact) mass is 239 g/mol. The third-order valence-corrected chi connectivity index (χ3v) is 2.73. The first kappa shape index (κ1) is 13.8. The summed E-state index contributed by atoms with van der Waals surface area (Å²) >= 11 is 0. The quantitative estimate of drug-likeness (QED) is 0.799. The maximum Gasteiger partial charge on any atom is 0.254 e. The van der Waals surface area contributed by atoms with Crippen molar-refractivity contribution < 1.29 is 14.3 Å². The first-order valence-electron chi connectivity index (χ1n) is 6.07. The molecular formula is C13H21NO3. The molecule has 1 rings (SSSR count). The van der Waals surface area contributed by atoms with E-state index in [1.165, 1.54) is 6.26 Å². The van der Waals surface area contributed by atoms with Gasteiger partial charge in [-0.15, -0.1) is 0 Å². The zero-order valence-corrected chi connectivity index (χ0v) is 10.7. The van der Waals surface area contributed by atoms with Crippen LogP contribution in [0.1, 0.15) is 49.7 Å². The van der Waals surface area contributed by atoms with Gasteiger partial charge in [0.05, 0.1) is 17.4 Å². The Balaban J connectivity index is 2.56. The van der Waals surface area contributed by atoms with E-state index in [1.807, 2.05) is 13.8 Å². The topological polar surface area (TPSA) is 62.5 Å². The average Bonchev–Trinajstić information content (AvgIpc) is 2.74. The molecule has 2 N–H and O–H groups in total. The summed E-state index contributed by atoms with van der Waals surface area (Å²) in [5, 5.41) is 12.7. The molecule has 4 heteroatoms. The molecule has 0 aromatic carbocycles. The van der Waals surface area contributed by atoms with Gasteiger partial charge in [-0.2, -0.15) is 0 Å². The molecule has 1 atom stereocenters. The number of amides is 1. The lowest BCUT2D eigenvalue weighted by Gasteiger charge is -2.22. The Bertz CT molecular complexity index is 368. The van der Waals surface area contributed by atoms with Crippen molar-refractivity contribution in [3.63, 3.8) is 0 Å². The van der Waals surface area contributed by atoms with Gasteiger partial charge < -0.3 is 14.8 Å². The molecule has 0 radical (unpaired) electrons. The first-order valence-corrected chi connectivity index (χ1v) is 6.07. The fraction of sp³-hybridized carbons (Fsp3) is 0.615. The fourth-order valence-corrected chi connectivity index (χ4v) is 1.81. The van der Waals surface area contributed by atoms with Crippen LogP contribution in [0.4, 0.5) is 0 Å². The van der Waals surface area contributed by atoms with Crippen LogP contribution in [0.3, 0.4) is 0 Å². The number of rotatable bonds is 6. The van der Waals surface area contributed by atoms with Gasteiger partial charge in [0, 0.05) is 13.0 Å². The molecule has 1 amide bonds. The van der Waals surface area contributed by atoms with Crippen molar-refractivity contribution in [3.8, 4) is 0 Å². The van der Waals surface area contributed by atoms with E-state index in [-0.39, 0.29) is 12.5 Å². The summed E-state index contributed by atoms with van der Waals surface area (Å²) in [5.41, 5.74) is -0.291. The Morgan fingerprint density at radius 3 is 2.82 bits per heavy atom. The van der Waals surface area contributed by atoms with Crippen LogP contribution < -0.4 is 5.32 Å². The van der Waals surface area contributed by atoms with E-state index >= 15 is 0 Å². The Hall–Kier alpha value is -1.29. The maximum absolute atomic E-state index is 11.9. The van der Waals surface area contributed by atoms with Crippen molar-refractivity contribution >= 4 is 5.91 Å². The predicted molar refractivity (Wildman–Crippen MR) is 66.0 cm³/mol. The van der Waals surface area contributed by atoms with Crippen LogP contribution in [0.15, 0.2) is 16.7 Å². The lowest BCUT2D eigenvalue weighted by molar-refractivity contribution is 0.0469. The van der Waals surface area contributed by atoms with Crippen molar-refractivity contribution in [1.29, 1.82) is 0 Å². The molecule has 4 nitrogen and oxygen atoms in total. The van der Waals surface area contributed by atoms with Crippen molar-refractivity contribution in [2.75, 3.05) is 6.54 Å². The molecule has 0 saturated heterocycles. The van der Waals surface area contributed by atoms with Crippen LogP contribution >= 0.6 is 0 Å². The zero-order valence-electron chi connectivity index (χ0n) is 10.7. The molecule has 1 heterocycles. The van der Waals surface area contributed by atoms with Gasteiger partial charge in [0.15, 0.2) is 0 Å². The van der Waals surface area contributed by atoms with Gasteiger partial charge in [0.2, 0.25) is 0 Å². The summed E-state index contributed by atoms with van der Waals surface area (Å²) in [7, 11) is 0. The van der Waals surface area contributed by atoms with E-state index in [9.17, 15) is 9.90 Å². The second-order valence-electron chi connectivity index (χ2n) is 4.54. The summed E-state index contributed by atoms with van der Waals surface area (Å²) in [4.78, 5) is 11.9. The molecule has 96 valence electrons. The lowest BCUT2D eigenvalue weighted by atomic mass is 10.0. The Morgan fingerprint density at radius 1 is 1.53 bits per heavy atom. The van der Waals surface area contributed by atoms with Crippen LogP contribution in [-0.2, 0) is 6.42 Å². The van der Waals surface area contributed by atoms with Gasteiger partial charge in [0.1, 0.15) is 5.76 Å². The van der Waals surface area contributed by atoms with Crippen LogP contribution in [0.5, 0.6) is 0 Å². The number of hydrogen-bond donors (Lipinski definition) is 2. The van der Waals surface area contributed by atoms with E-state index < -0.39 is 5.60 Å². The molecule has 0 fully saturated rings. The number of aryl methyl sites for hydroxylation is 1. The molecule has 17 heavy (non-hydrogen) atoms. The summed E-state index contributed by atoms with van der Waals surface area (Å²) in [6, 6.07) is 1.66. The van der Waals surface area contributed by atoms with Gasteiger partial charge in [-0.3, -0.25) is 4.79 Å². The SMILES string of the molecule is CCCC(C)(O)CNC(=O)c1ccoc1CC. The number of carbonyl (C=O) groups is 1. The minimum Gasteiger partial charge on any atom is -0.469 e. The second-order valence-corrected chi connectivity index (χ2v) is 4.54. The van der Waals surface area contributed by atoms with Gasteiger partial charge in [-0.05, 0) is 19.4 Å². The van der Waals surface area contributed by atoms with E-state index in [4.69, 9.17) is 4.42 Å². The number of aliphatic hydroxyl groups is 1. The molecule has 0 aliphatic heterocycles. The zero-order chi connectivity index (χ0) is 12.9. The third kappa shape index (κ3) is 3.89. The van der Waals surface area contributed by atoms with Gasteiger partial charge in [-0.1, -0.05) is 20.3 Å². The molecule has 0 saturated carbocycles. The molecule has 1 aromatic heterocycles. The highest BCUT2D eigenvalue weighted by atomic mass is 16.3. The summed E-state index contributed by atoms with van der Waals surface area (Å²) in [6.07, 6.45) is 3.74. The largest absolute Gasteiger partial charge is 0.469 e. The minimum atomic E-state index is -0.847. The van der Waals surface area contributed by atoms with Crippen molar-refractivity contribution in [3.05, 3.63) is 23.7 Å². The molecule has 0 spiro atoms. The Labute approximate surface area is 102 Å². The van der Waals surface area contributed by atoms with Gasteiger partial charge in [-0.25, -0.2) is 0 Å². The number of carbonyl (C=O) groups excluding carboxylic acids is 1. The van der Waals surface area contributed by atoms with Crippen molar-refractivity contribution in [2.45, 2.75) is 45.6 Å². The van der Waals surface area contributed by atoms with E-state index in [1.54, 1.807) is 13.0 Å². The van der Waals surface area contributed by atoms with Gasteiger partial charge >= 0.3 is 0 Å². The molecule has 0 aliphatic carbocycles. The molecule has 1 aromatic rings. The highest BCUT2D eigenvalue weighted by Crippen LogP contribution is 2.13. The van der Waals surface area contributed by atoms with Crippen LogP contribution in [0, 0.1) is 0 Å². The van der Waals surface area contributed by atoms with E-state index in [0.29, 0.717) is 24.2 Å². The molecule has 0 aliphatic rings. The lowest BCUT2D eigenvalue weighted by Crippen LogP contribution is -2.40. The molecule has 0 bridgehead atoms. The predicted octanol–water partition coefficient (Wildman–Crippen LogP) is 2.12. The number of hydrogen-bond acceptors (Lipinski definition) is 3. The average molecular weight is 239 g/mol. The third-order valence-electron chi connectivity index (χ3n) is 2.73. The summed E-state index contributed by atoms with van der Waals surface area (Å²) < 4.78 is 5.19. The van der Waals surface area contributed by atoms with Crippen molar-refractivity contribution in [1.82, 2.24) is 5.32 Å². The Kier molecular flexibility index (Phi) is 4.75. The second kappa shape index (κ2) is 5.87. The van der Waals surface area contributed by atoms with Crippen molar-refractivity contribution in [2.24, 2.45) is 0 Å². The summed E-state index contributed by atoms with van der Waals surface area (Å²) in [5.74, 6) is 0.490. The smallest absolute Gasteiger partial charge is 0.254 e. The normalized spacial score (nSPS) is 14.4. The number of furan rings is 1. The summed E-state index contributed by atoms with van der Waals surface area (Å²) in [6.45, 7) is 5.92. The van der Waals surface area contributed by atoms with Crippen LogP contribution in [0.25, 0.3) is 0 Å². The molecular weight excluding hydrogens is 218 g/mol. The highest BCUT2D eigenvalue weighted by Gasteiger charge is 2.21.